The van der Waals surface area contributed by atoms with Gasteiger partial charge in [0, 0.05) is 23.3 Å². The average Bonchev–Trinajstić information content (AvgIpc) is 3.27. The molecule has 4 aromatic rings. The van der Waals surface area contributed by atoms with Crippen LogP contribution in [0.15, 0.2) is 84.4 Å². The molecule has 0 radical (unpaired) electrons. The molecule has 0 unspecified atom stereocenters. The van der Waals surface area contributed by atoms with Crippen LogP contribution in [0.1, 0.15) is 15.9 Å². The largest absolute Gasteiger partial charge is 0.348 e. The van der Waals surface area contributed by atoms with Crippen molar-refractivity contribution >= 4 is 28.8 Å². The molecule has 28 heavy (non-hydrogen) atoms. The molecule has 1 N–H and O–H groups in total. The van der Waals surface area contributed by atoms with Gasteiger partial charge in [-0.2, -0.15) is 0 Å². The van der Waals surface area contributed by atoms with Crippen molar-refractivity contribution in [1.82, 2.24) is 10.3 Å². The zero-order chi connectivity index (χ0) is 19.3. The predicted molar refractivity (Wildman–Crippen MR) is 116 cm³/mol. The number of amides is 1. The van der Waals surface area contributed by atoms with Crippen molar-refractivity contribution < 1.29 is 4.79 Å². The zero-order valence-electron chi connectivity index (χ0n) is 14.9. The van der Waals surface area contributed by atoms with E-state index >= 15 is 0 Å². The average molecular weight is 405 g/mol. The summed E-state index contributed by atoms with van der Waals surface area (Å²) < 4.78 is 0. The van der Waals surface area contributed by atoms with Gasteiger partial charge < -0.3 is 5.32 Å². The van der Waals surface area contributed by atoms with Gasteiger partial charge in [0.25, 0.3) is 5.91 Å². The number of nitrogens with one attached hydrogen (secondary N) is 1. The molecule has 2 aromatic carbocycles. The Labute approximate surface area is 172 Å². The molecule has 0 spiro atoms. The molecular weight excluding hydrogens is 388 g/mol. The number of halogens is 1. The molecule has 4 rings (SSSR count). The lowest BCUT2D eigenvalue weighted by molar-refractivity contribution is 0.0951. The zero-order valence-corrected chi connectivity index (χ0v) is 16.5. The highest BCUT2D eigenvalue weighted by Gasteiger charge is 2.10. The monoisotopic (exact) mass is 404 g/mol. The number of thiophene rings is 1. The predicted octanol–water partition coefficient (Wildman–Crippen LogP) is 6.06. The molecule has 138 valence electrons. The van der Waals surface area contributed by atoms with E-state index in [1.54, 1.807) is 17.5 Å². The van der Waals surface area contributed by atoms with E-state index in [2.05, 4.69) is 10.3 Å². The van der Waals surface area contributed by atoms with Crippen LogP contribution in [0.3, 0.4) is 0 Å². The van der Waals surface area contributed by atoms with Crippen molar-refractivity contribution in [3.8, 4) is 21.7 Å². The summed E-state index contributed by atoms with van der Waals surface area (Å²) in [5, 5.41) is 5.70. The van der Waals surface area contributed by atoms with Gasteiger partial charge in [0.15, 0.2) is 0 Å². The van der Waals surface area contributed by atoms with E-state index in [0.29, 0.717) is 17.1 Å². The molecule has 2 heterocycles. The molecule has 0 saturated heterocycles. The second-order valence-corrected chi connectivity index (χ2v) is 7.64. The van der Waals surface area contributed by atoms with Gasteiger partial charge in [0.2, 0.25) is 0 Å². The molecule has 5 heteroatoms. The van der Waals surface area contributed by atoms with Gasteiger partial charge in [-0.25, -0.2) is 0 Å². The quantitative estimate of drug-likeness (QED) is 0.439. The highest BCUT2D eigenvalue weighted by molar-refractivity contribution is 7.13. The molecule has 1 amide bonds. The fourth-order valence-electron chi connectivity index (χ4n) is 2.98. The molecule has 3 nitrogen and oxygen atoms in total. The summed E-state index contributed by atoms with van der Waals surface area (Å²) >= 11 is 7.69. The molecule has 0 atom stereocenters. The third-order valence-electron chi connectivity index (χ3n) is 4.39. The minimum atomic E-state index is -0.112. The summed E-state index contributed by atoms with van der Waals surface area (Å²) in [6, 6.07) is 23.1. The Morgan fingerprint density at radius 3 is 2.57 bits per heavy atom. The van der Waals surface area contributed by atoms with E-state index in [9.17, 15) is 4.79 Å². The number of nitrogens with zero attached hydrogens (tertiary/aromatic N) is 1. The lowest BCUT2D eigenvalue weighted by Gasteiger charge is -2.09. The molecule has 0 fully saturated rings. The molecule has 0 aliphatic rings. The maximum Gasteiger partial charge on any atom is 0.251 e. The lowest BCUT2D eigenvalue weighted by Crippen LogP contribution is -2.23. The molecule has 0 saturated carbocycles. The highest BCUT2D eigenvalue weighted by Crippen LogP contribution is 2.26. The van der Waals surface area contributed by atoms with Crippen molar-refractivity contribution in [3.05, 3.63) is 101 Å². The number of carbonyl (C=O) groups is 1. The fourth-order valence-corrected chi connectivity index (χ4v) is 3.92. The summed E-state index contributed by atoms with van der Waals surface area (Å²) in [6.07, 6.45) is 1.77. The van der Waals surface area contributed by atoms with E-state index in [-0.39, 0.29) is 5.91 Å². The maximum absolute atomic E-state index is 12.6. The third-order valence-corrected chi connectivity index (χ3v) is 5.50. The second-order valence-electron chi connectivity index (χ2n) is 6.26. The van der Waals surface area contributed by atoms with Gasteiger partial charge >= 0.3 is 0 Å². The number of hydrogen-bond donors (Lipinski definition) is 1. The Morgan fingerprint density at radius 1 is 0.964 bits per heavy atom. The van der Waals surface area contributed by atoms with Crippen molar-refractivity contribution in [1.29, 1.82) is 0 Å². The molecular formula is C23H17ClN2OS. The summed E-state index contributed by atoms with van der Waals surface area (Å²) in [6.45, 7) is 0.427. The maximum atomic E-state index is 12.6. The van der Waals surface area contributed by atoms with Crippen LogP contribution in [-0.4, -0.2) is 10.9 Å². The van der Waals surface area contributed by atoms with E-state index in [0.717, 1.165) is 27.3 Å². The van der Waals surface area contributed by atoms with Crippen molar-refractivity contribution in [2.24, 2.45) is 0 Å². The first kappa shape index (κ1) is 18.4. The highest BCUT2D eigenvalue weighted by atomic mass is 35.5. The number of hydrogen-bond acceptors (Lipinski definition) is 3. The molecule has 0 aliphatic heterocycles. The minimum Gasteiger partial charge on any atom is -0.348 e. The Morgan fingerprint density at radius 2 is 1.82 bits per heavy atom. The first-order chi connectivity index (χ1) is 13.7. The van der Waals surface area contributed by atoms with Crippen LogP contribution in [0.4, 0.5) is 0 Å². The lowest BCUT2D eigenvalue weighted by atomic mass is 10.0. The van der Waals surface area contributed by atoms with Gasteiger partial charge in [-0.05, 0) is 58.5 Å². The van der Waals surface area contributed by atoms with Crippen LogP contribution in [0.5, 0.6) is 0 Å². The smallest absolute Gasteiger partial charge is 0.251 e. The van der Waals surface area contributed by atoms with Crippen molar-refractivity contribution in [2.75, 3.05) is 0 Å². The van der Waals surface area contributed by atoms with Gasteiger partial charge in [0.1, 0.15) is 0 Å². The van der Waals surface area contributed by atoms with Gasteiger partial charge in [0.05, 0.1) is 10.6 Å². The van der Waals surface area contributed by atoms with E-state index in [1.165, 1.54) is 0 Å². The first-order valence-electron chi connectivity index (χ1n) is 8.83. The Kier molecular flexibility index (Phi) is 5.51. The van der Waals surface area contributed by atoms with Gasteiger partial charge in [-0.1, -0.05) is 48.0 Å². The van der Waals surface area contributed by atoms with Crippen LogP contribution in [0, 0.1) is 0 Å². The Hall–Kier alpha value is -2.95. The van der Waals surface area contributed by atoms with Crippen molar-refractivity contribution in [3.63, 3.8) is 0 Å². The van der Waals surface area contributed by atoms with E-state index in [4.69, 9.17) is 11.6 Å². The van der Waals surface area contributed by atoms with E-state index in [1.807, 2.05) is 78.2 Å². The van der Waals surface area contributed by atoms with Crippen LogP contribution in [0.25, 0.3) is 21.7 Å². The topological polar surface area (TPSA) is 42.0 Å². The number of benzene rings is 2. The van der Waals surface area contributed by atoms with Gasteiger partial charge in [-0.3, -0.25) is 9.78 Å². The number of carbonyl (C=O) groups excluding carboxylic acids is 1. The SMILES string of the molecule is O=C(NCc1cccnc1-c1cccs1)c1ccc(-c2cccc(Cl)c2)cc1. The number of pyridine rings is 1. The summed E-state index contributed by atoms with van der Waals surface area (Å²) in [7, 11) is 0. The van der Waals surface area contributed by atoms with Crippen LogP contribution in [-0.2, 0) is 6.54 Å². The van der Waals surface area contributed by atoms with Crippen LogP contribution >= 0.6 is 22.9 Å². The number of rotatable bonds is 5. The molecule has 2 aromatic heterocycles. The van der Waals surface area contributed by atoms with Crippen LogP contribution in [0.2, 0.25) is 5.02 Å². The summed E-state index contributed by atoms with van der Waals surface area (Å²) in [5.41, 5.74) is 4.57. The minimum absolute atomic E-state index is 0.112. The normalized spacial score (nSPS) is 10.6. The Bertz CT molecular complexity index is 1090. The standard InChI is InChI=1S/C23H17ClN2OS/c24-20-6-1-4-18(14-20)16-8-10-17(11-9-16)23(27)26-15-19-5-2-12-25-22(19)21-7-3-13-28-21/h1-14H,15H2,(H,26,27). The summed E-state index contributed by atoms with van der Waals surface area (Å²) in [5.74, 6) is -0.112. The van der Waals surface area contributed by atoms with Crippen LogP contribution < -0.4 is 5.32 Å². The molecule has 0 aliphatic carbocycles. The fraction of sp³-hybridized carbons (Fsp3) is 0.0435. The second kappa shape index (κ2) is 8.38. The Balaban J connectivity index is 1.46. The number of aromatic nitrogens is 1. The molecule has 0 bridgehead atoms. The third kappa shape index (κ3) is 4.14. The van der Waals surface area contributed by atoms with Gasteiger partial charge in [-0.15, -0.1) is 11.3 Å². The van der Waals surface area contributed by atoms with E-state index < -0.39 is 0 Å². The first-order valence-corrected chi connectivity index (χ1v) is 10.1. The summed E-state index contributed by atoms with van der Waals surface area (Å²) in [4.78, 5) is 18.1. The van der Waals surface area contributed by atoms with Crippen molar-refractivity contribution in [2.45, 2.75) is 6.54 Å².